The van der Waals surface area contributed by atoms with E-state index >= 15 is 0 Å². The summed E-state index contributed by atoms with van der Waals surface area (Å²) in [4.78, 5) is 38.2. The SMILES string of the molecule is COC1(NC(=O)Cc2cccs2)C(=O)N2C(C(=O)[O-])=C(C)CS[C@H]21.[C+]1=CNCC=C1. The van der Waals surface area contributed by atoms with Crippen LogP contribution in [0.15, 0.2) is 47.1 Å². The fourth-order valence-electron chi connectivity index (χ4n) is 3.21. The maximum Gasteiger partial charge on any atom is 0.284 e. The molecular formula is C20H21N3O5S2. The Hall–Kier alpha value is -2.65. The van der Waals surface area contributed by atoms with Gasteiger partial charge in [0.05, 0.1) is 24.2 Å². The molecule has 2 atom stereocenters. The first kappa shape index (κ1) is 22.0. The standard InChI is InChI=1S/C15H16N2O5S2.C5H6N/c1-8-7-24-14-15(22-2,13(21)17(14)11(8)12(19)20)16-10(18)6-9-4-3-5-23-9;1-2-4-6-5-3-1/h3-5,14H,6-7H2,1-2H3,(H,16,18)(H,19,20);1-2,5-6H,4H2/q;+1/p-1/t14-,15?;/m0./s1. The number of methoxy groups -OCH3 is 1. The second-order valence-electron chi connectivity index (χ2n) is 6.62. The first-order valence-corrected chi connectivity index (χ1v) is 11.0. The second-order valence-corrected chi connectivity index (χ2v) is 8.72. The van der Waals surface area contributed by atoms with Crippen LogP contribution in [-0.4, -0.2) is 53.2 Å². The van der Waals surface area contributed by atoms with Gasteiger partial charge in [-0.2, -0.15) is 0 Å². The fraction of sp³-hybridized carbons (Fsp3) is 0.350. The molecule has 8 nitrogen and oxygen atoms in total. The number of carbonyl (C=O) groups excluding carboxylic acids is 3. The van der Waals surface area contributed by atoms with Crippen LogP contribution in [-0.2, 0) is 25.5 Å². The molecule has 3 aliphatic heterocycles. The topological polar surface area (TPSA) is 111 Å². The quantitative estimate of drug-likeness (QED) is 0.376. The minimum absolute atomic E-state index is 0.135. The number of nitrogens with one attached hydrogen (secondary N) is 2. The van der Waals surface area contributed by atoms with Gasteiger partial charge in [0.15, 0.2) is 6.08 Å². The molecule has 1 unspecified atom stereocenters. The van der Waals surface area contributed by atoms with Crippen molar-refractivity contribution in [3.05, 3.63) is 58.1 Å². The van der Waals surface area contributed by atoms with E-state index in [1.165, 1.54) is 30.2 Å². The Morgan fingerprint density at radius 3 is 2.80 bits per heavy atom. The molecule has 0 saturated carbocycles. The van der Waals surface area contributed by atoms with Crippen molar-refractivity contribution in [2.45, 2.75) is 24.4 Å². The zero-order valence-electron chi connectivity index (χ0n) is 16.5. The van der Waals surface area contributed by atoms with Gasteiger partial charge in [-0.3, -0.25) is 14.5 Å². The van der Waals surface area contributed by atoms with E-state index in [0.29, 0.717) is 11.3 Å². The largest absolute Gasteiger partial charge is 0.543 e. The number of ether oxygens (including phenoxy) is 1. The average Bonchev–Trinajstić information content (AvgIpc) is 3.26. The number of carboxylic acid groups (broad SMARTS) is 1. The van der Waals surface area contributed by atoms with Crippen LogP contribution in [0.2, 0.25) is 0 Å². The first-order valence-electron chi connectivity index (χ1n) is 9.11. The third kappa shape index (κ3) is 4.27. The van der Waals surface area contributed by atoms with Crippen LogP contribution in [0.4, 0.5) is 0 Å². The summed E-state index contributed by atoms with van der Waals surface area (Å²) < 4.78 is 5.33. The fourth-order valence-corrected chi connectivity index (χ4v) is 5.29. The molecule has 2 N–H and O–H groups in total. The van der Waals surface area contributed by atoms with Gasteiger partial charge < -0.3 is 25.3 Å². The number of amides is 2. The minimum Gasteiger partial charge on any atom is -0.543 e. The molecule has 1 aromatic heterocycles. The third-order valence-corrected chi connectivity index (χ3v) is 6.95. The lowest BCUT2D eigenvalue weighted by atomic mass is 9.98. The van der Waals surface area contributed by atoms with E-state index < -0.39 is 23.0 Å². The number of β-lactam (4-membered cyclic amide) rings is 1. The monoisotopic (exact) mass is 447 g/mol. The van der Waals surface area contributed by atoms with Crippen molar-refractivity contribution >= 4 is 40.9 Å². The molecule has 1 aromatic rings. The summed E-state index contributed by atoms with van der Waals surface area (Å²) in [5.74, 6) is -1.93. The summed E-state index contributed by atoms with van der Waals surface area (Å²) in [6.07, 6.45) is 8.72. The van der Waals surface area contributed by atoms with Crippen molar-refractivity contribution < 1.29 is 24.2 Å². The highest BCUT2D eigenvalue weighted by Crippen LogP contribution is 2.46. The molecule has 0 aliphatic carbocycles. The summed E-state index contributed by atoms with van der Waals surface area (Å²) in [6, 6.07) is 3.67. The maximum absolute atomic E-state index is 12.6. The molecule has 30 heavy (non-hydrogen) atoms. The van der Waals surface area contributed by atoms with Crippen molar-refractivity contribution in [2.75, 3.05) is 19.4 Å². The maximum atomic E-state index is 12.6. The Kier molecular flexibility index (Phi) is 6.94. The molecule has 1 saturated heterocycles. The highest BCUT2D eigenvalue weighted by molar-refractivity contribution is 8.00. The first-order chi connectivity index (χ1) is 14.4. The van der Waals surface area contributed by atoms with Gasteiger partial charge in [-0.05, 0) is 23.9 Å². The number of nitrogens with zero attached hydrogens (tertiary/aromatic N) is 1. The number of hydrogen-bond donors (Lipinski definition) is 2. The lowest BCUT2D eigenvalue weighted by Gasteiger charge is -2.56. The summed E-state index contributed by atoms with van der Waals surface area (Å²) >= 11 is 2.79. The Labute approximate surface area is 182 Å². The number of allylic oxidation sites excluding steroid dienone is 2. The van der Waals surface area contributed by atoms with Gasteiger partial charge in [0.25, 0.3) is 11.6 Å². The predicted octanol–water partition coefficient (Wildman–Crippen LogP) is 0.151. The zero-order valence-corrected chi connectivity index (χ0v) is 18.1. The Bertz CT molecular complexity index is 898. The van der Waals surface area contributed by atoms with Crippen LogP contribution < -0.4 is 15.7 Å². The highest BCUT2D eigenvalue weighted by Gasteiger charge is 2.65. The van der Waals surface area contributed by atoms with Gasteiger partial charge in [-0.1, -0.05) is 6.07 Å². The van der Waals surface area contributed by atoms with Crippen LogP contribution >= 0.6 is 23.1 Å². The van der Waals surface area contributed by atoms with E-state index in [1.807, 2.05) is 29.7 Å². The van der Waals surface area contributed by atoms with Gasteiger partial charge in [0.1, 0.15) is 24.2 Å². The smallest absolute Gasteiger partial charge is 0.284 e. The van der Waals surface area contributed by atoms with E-state index in [9.17, 15) is 19.5 Å². The number of rotatable bonds is 5. The van der Waals surface area contributed by atoms with Crippen LogP contribution in [0.25, 0.3) is 0 Å². The molecule has 0 spiro atoms. The molecule has 0 radical (unpaired) electrons. The molecule has 0 aromatic carbocycles. The van der Waals surface area contributed by atoms with Crippen molar-refractivity contribution in [1.29, 1.82) is 0 Å². The summed E-state index contributed by atoms with van der Waals surface area (Å²) in [5, 5.41) is 18.2. The van der Waals surface area contributed by atoms with E-state index in [1.54, 1.807) is 13.1 Å². The Balaban J connectivity index is 0.000000367. The highest BCUT2D eigenvalue weighted by atomic mass is 32.2. The van der Waals surface area contributed by atoms with E-state index in [2.05, 4.69) is 16.7 Å². The molecular weight excluding hydrogens is 426 g/mol. The molecule has 10 heteroatoms. The van der Waals surface area contributed by atoms with Gasteiger partial charge in [-0.25, -0.2) is 0 Å². The van der Waals surface area contributed by atoms with Gasteiger partial charge in [0, 0.05) is 17.7 Å². The summed E-state index contributed by atoms with van der Waals surface area (Å²) in [6.45, 7) is 2.59. The summed E-state index contributed by atoms with van der Waals surface area (Å²) in [5.41, 5.74) is -1.12. The van der Waals surface area contributed by atoms with Crippen LogP contribution in [0.5, 0.6) is 0 Å². The molecule has 1 fully saturated rings. The number of hydrogen-bond acceptors (Lipinski definition) is 8. The number of fused-ring (bicyclic) bond motifs is 1. The van der Waals surface area contributed by atoms with Crippen molar-refractivity contribution in [3.63, 3.8) is 0 Å². The summed E-state index contributed by atoms with van der Waals surface area (Å²) in [7, 11) is 1.32. The van der Waals surface area contributed by atoms with Gasteiger partial charge in [-0.15, -0.1) is 23.1 Å². The third-order valence-electron chi connectivity index (χ3n) is 4.61. The normalized spacial score (nSPS) is 24.0. The van der Waals surface area contributed by atoms with Crippen molar-refractivity contribution in [1.82, 2.24) is 15.5 Å². The van der Waals surface area contributed by atoms with E-state index in [-0.39, 0.29) is 18.0 Å². The van der Waals surface area contributed by atoms with Crippen LogP contribution in [0.3, 0.4) is 0 Å². The van der Waals surface area contributed by atoms with Crippen LogP contribution in [0, 0.1) is 6.08 Å². The lowest BCUT2D eigenvalue weighted by molar-refractivity contribution is -0.302. The Morgan fingerprint density at radius 1 is 1.50 bits per heavy atom. The number of thioether (sulfide) groups is 1. The number of carbonyl (C=O) groups is 3. The lowest BCUT2D eigenvalue weighted by Crippen LogP contribution is -2.81. The zero-order chi connectivity index (χ0) is 21.7. The average molecular weight is 448 g/mol. The van der Waals surface area contributed by atoms with Crippen molar-refractivity contribution in [3.8, 4) is 0 Å². The number of thiophene rings is 1. The molecule has 3 aliphatic rings. The van der Waals surface area contributed by atoms with E-state index in [4.69, 9.17) is 4.74 Å². The number of dihydropyridines is 1. The second kappa shape index (κ2) is 9.44. The molecule has 2 amide bonds. The number of carboxylic acids is 1. The van der Waals surface area contributed by atoms with Gasteiger partial charge in [0.2, 0.25) is 5.91 Å². The minimum atomic E-state index is -1.54. The van der Waals surface area contributed by atoms with Gasteiger partial charge >= 0.3 is 0 Å². The number of aliphatic carboxylic acids is 1. The van der Waals surface area contributed by atoms with Crippen molar-refractivity contribution in [2.24, 2.45) is 0 Å². The predicted molar refractivity (Wildman–Crippen MR) is 112 cm³/mol. The molecule has 0 bridgehead atoms. The molecule has 4 rings (SSSR count). The van der Waals surface area contributed by atoms with E-state index in [0.717, 1.165) is 16.3 Å². The Morgan fingerprint density at radius 2 is 2.30 bits per heavy atom. The molecule has 158 valence electrons. The molecule has 4 heterocycles. The van der Waals surface area contributed by atoms with Crippen LogP contribution in [0.1, 0.15) is 11.8 Å².